The summed E-state index contributed by atoms with van der Waals surface area (Å²) in [7, 11) is 1.67. The van der Waals surface area contributed by atoms with Crippen LogP contribution in [0, 0.1) is 0 Å². The number of benzene rings is 3. The third-order valence-corrected chi connectivity index (χ3v) is 6.75. The van der Waals surface area contributed by atoms with Gasteiger partial charge in [0, 0.05) is 0 Å². The lowest BCUT2D eigenvalue weighted by atomic mass is 10.1. The molecular formula is C33H40O7. The minimum atomic E-state index is -1.17. The van der Waals surface area contributed by atoms with Crippen molar-refractivity contribution in [3.63, 3.8) is 0 Å². The normalized spacial score (nSPS) is 10.7. The van der Waals surface area contributed by atoms with Crippen LogP contribution in [0.4, 0.5) is 0 Å². The van der Waals surface area contributed by atoms with Gasteiger partial charge >= 0.3 is 11.9 Å². The first-order chi connectivity index (χ1) is 19.5. The van der Waals surface area contributed by atoms with E-state index in [-0.39, 0.29) is 16.9 Å². The highest BCUT2D eigenvalue weighted by Gasteiger charge is 2.12. The molecule has 7 nitrogen and oxygen atoms in total. The van der Waals surface area contributed by atoms with E-state index < -0.39 is 11.9 Å². The summed E-state index contributed by atoms with van der Waals surface area (Å²) in [6.45, 7) is 1.18. The number of rotatable bonds is 19. The SMILES string of the molecule is COc1ccc(-c2ccc(OCCCCCCCCCCCCOc3cc(C(=O)O)cc(C(=O)O)c3)cc2)cc1. The highest BCUT2D eigenvalue weighted by molar-refractivity contribution is 5.94. The maximum absolute atomic E-state index is 11.2. The Kier molecular flexibility index (Phi) is 12.9. The summed E-state index contributed by atoms with van der Waals surface area (Å²) in [4.78, 5) is 22.3. The first kappa shape index (κ1) is 30.5. The van der Waals surface area contributed by atoms with Gasteiger partial charge in [-0.2, -0.15) is 0 Å². The molecule has 0 atom stereocenters. The number of carbonyl (C=O) groups is 2. The molecule has 0 aromatic heterocycles. The van der Waals surface area contributed by atoms with Gasteiger partial charge in [-0.3, -0.25) is 0 Å². The molecule has 0 aliphatic heterocycles. The molecule has 0 amide bonds. The summed E-state index contributed by atoms with van der Waals surface area (Å²) in [5.74, 6) is -0.305. The third kappa shape index (κ3) is 10.6. The highest BCUT2D eigenvalue weighted by Crippen LogP contribution is 2.25. The lowest BCUT2D eigenvalue weighted by molar-refractivity contribution is 0.0696. The summed E-state index contributed by atoms with van der Waals surface area (Å²) in [6.07, 6.45) is 11.4. The number of aromatic carboxylic acids is 2. The van der Waals surface area contributed by atoms with Crippen molar-refractivity contribution in [1.29, 1.82) is 0 Å². The molecule has 40 heavy (non-hydrogen) atoms. The standard InChI is InChI=1S/C33H40O7/c1-38-29-16-12-25(13-17-29)26-14-18-30(19-15-26)39-20-10-8-6-4-2-3-5-7-9-11-21-40-31-23-27(32(34)35)22-28(24-31)33(36)37/h12-19,22-24H,2-11,20-21H2,1H3,(H,34,35)(H,36,37). The van der Waals surface area contributed by atoms with Crippen molar-refractivity contribution in [2.24, 2.45) is 0 Å². The van der Waals surface area contributed by atoms with Crippen molar-refractivity contribution in [3.8, 4) is 28.4 Å². The Hall–Kier alpha value is -4.00. The Bertz CT molecular complexity index is 1150. The van der Waals surface area contributed by atoms with Gasteiger partial charge in [0.25, 0.3) is 0 Å². The molecule has 0 bridgehead atoms. The lowest BCUT2D eigenvalue weighted by Gasteiger charge is -2.09. The zero-order chi connectivity index (χ0) is 28.6. The number of hydrogen-bond donors (Lipinski definition) is 2. The molecule has 214 valence electrons. The Morgan fingerprint density at radius 3 is 1.30 bits per heavy atom. The second-order valence-corrected chi connectivity index (χ2v) is 9.84. The third-order valence-electron chi connectivity index (χ3n) is 6.75. The van der Waals surface area contributed by atoms with E-state index >= 15 is 0 Å². The average molecular weight is 549 g/mol. The zero-order valence-corrected chi connectivity index (χ0v) is 23.3. The van der Waals surface area contributed by atoms with E-state index in [1.165, 1.54) is 50.7 Å². The van der Waals surface area contributed by atoms with Crippen molar-refractivity contribution in [3.05, 3.63) is 77.9 Å². The van der Waals surface area contributed by atoms with E-state index in [1.807, 2.05) is 24.3 Å². The van der Waals surface area contributed by atoms with Gasteiger partial charge in [0.15, 0.2) is 0 Å². The van der Waals surface area contributed by atoms with Gasteiger partial charge in [0.1, 0.15) is 17.2 Å². The summed E-state index contributed by atoms with van der Waals surface area (Å²) < 4.78 is 16.7. The minimum Gasteiger partial charge on any atom is -0.497 e. The number of hydrogen-bond acceptors (Lipinski definition) is 5. The van der Waals surface area contributed by atoms with Crippen LogP contribution in [0.25, 0.3) is 11.1 Å². The molecule has 0 radical (unpaired) electrons. The second-order valence-electron chi connectivity index (χ2n) is 9.84. The van der Waals surface area contributed by atoms with Crippen LogP contribution in [-0.2, 0) is 0 Å². The summed E-state index contributed by atoms with van der Waals surface area (Å²) >= 11 is 0. The van der Waals surface area contributed by atoms with E-state index in [0.717, 1.165) is 61.0 Å². The van der Waals surface area contributed by atoms with Gasteiger partial charge < -0.3 is 24.4 Å². The number of ether oxygens (including phenoxy) is 3. The molecule has 0 saturated carbocycles. The van der Waals surface area contributed by atoms with Gasteiger partial charge in [-0.1, -0.05) is 75.6 Å². The zero-order valence-electron chi connectivity index (χ0n) is 23.3. The van der Waals surface area contributed by atoms with Crippen LogP contribution in [0.15, 0.2) is 66.7 Å². The molecule has 7 heteroatoms. The largest absolute Gasteiger partial charge is 0.497 e. The van der Waals surface area contributed by atoms with Crippen molar-refractivity contribution >= 4 is 11.9 Å². The predicted molar refractivity (Wildman–Crippen MR) is 156 cm³/mol. The van der Waals surface area contributed by atoms with Gasteiger partial charge in [0.2, 0.25) is 0 Å². The Labute approximate surface area is 236 Å². The van der Waals surface area contributed by atoms with Crippen molar-refractivity contribution in [1.82, 2.24) is 0 Å². The fourth-order valence-electron chi connectivity index (χ4n) is 4.45. The van der Waals surface area contributed by atoms with E-state index in [1.54, 1.807) is 7.11 Å². The van der Waals surface area contributed by atoms with Gasteiger partial charge in [-0.05, 0) is 66.4 Å². The Morgan fingerprint density at radius 2 is 0.900 bits per heavy atom. The van der Waals surface area contributed by atoms with Crippen LogP contribution in [0.3, 0.4) is 0 Å². The Morgan fingerprint density at radius 1 is 0.525 bits per heavy atom. The molecule has 0 unspecified atom stereocenters. The quantitative estimate of drug-likeness (QED) is 0.146. The fourth-order valence-corrected chi connectivity index (χ4v) is 4.45. The first-order valence-corrected chi connectivity index (χ1v) is 14.1. The van der Waals surface area contributed by atoms with Gasteiger partial charge in [-0.25, -0.2) is 9.59 Å². The molecule has 2 N–H and O–H groups in total. The van der Waals surface area contributed by atoms with Crippen LogP contribution >= 0.6 is 0 Å². The van der Waals surface area contributed by atoms with Crippen molar-refractivity contribution in [2.45, 2.75) is 64.2 Å². The number of carboxylic acids is 2. The monoisotopic (exact) mass is 548 g/mol. The van der Waals surface area contributed by atoms with Crippen LogP contribution in [0.5, 0.6) is 17.2 Å². The summed E-state index contributed by atoms with van der Waals surface area (Å²) in [5.41, 5.74) is 2.14. The predicted octanol–water partition coefficient (Wildman–Crippen LogP) is 8.12. The Balaban J connectivity index is 1.16. The van der Waals surface area contributed by atoms with Crippen molar-refractivity contribution in [2.75, 3.05) is 20.3 Å². The number of methoxy groups -OCH3 is 1. The van der Waals surface area contributed by atoms with Crippen molar-refractivity contribution < 1.29 is 34.0 Å². The molecule has 0 aliphatic carbocycles. The number of carboxylic acid groups (broad SMARTS) is 2. The second kappa shape index (κ2) is 16.9. The topological polar surface area (TPSA) is 102 Å². The smallest absolute Gasteiger partial charge is 0.335 e. The molecule has 3 rings (SSSR count). The lowest BCUT2D eigenvalue weighted by Crippen LogP contribution is -2.05. The first-order valence-electron chi connectivity index (χ1n) is 14.1. The van der Waals surface area contributed by atoms with E-state index in [2.05, 4.69) is 24.3 Å². The molecule has 0 spiro atoms. The number of unbranched alkanes of at least 4 members (excludes halogenated alkanes) is 9. The van der Waals surface area contributed by atoms with Gasteiger partial charge in [0.05, 0.1) is 31.5 Å². The average Bonchev–Trinajstić information content (AvgIpc) is 2.97. The molecule has 0 aliphatic rings. The minimum absolute atomic E-state index is 0.0848. The van der Waals surface area contributed by atoms with Crippen LogP contribution in [-0.4, -0.2) is 42.5 Å². The molecule has 0 heterocycles. The fraction of sp³-hybridized carbons (Fsp3) is 0.394. The highest BCUT2D eigenvalue weighted by atomic mass is 16.5. The van der Waals surface area contributed by atoms with E-state index in [4.69, 9.17) is 24.4 Å². The molecular weight excluding hydrogens is 508 g/mol. The summed E-state index contributed by atoms with van der Waals surface area (Å²) in [5, 5.41) is 18.3. The van der Waals surface area contributed by atoms with Crippen LogP contribution in [0.2, 0.25) is 0 Å². The maximum Gasteiger partial charge on any atom is 0.335 e. The maximum atomic E-state index is 11.2. The van der Waals surface area contributed by atoms with E-state index in [9.17, 15) is 9.59 Å². The van der Waals surface area contributed by atoms with E-state index in [0.29, 0.717) is 6.61 Å². The molecule has 0 fully saturated rings. The van der Waals surface area contributed by atoms with Crippen LogP contribution in [0.1, 0.15) is 84.9 Å². The molecule has 3 aromatic rings. The van der Waals surface area contributed by atoms with Gasteiger partial charge in [-0.15, -0.1) is 0 Å². The molecule has 0 saturated heterocycles. The van der Waals surface area contributed by atoms with Crippen LogP contribution < -0.4 is 14.2 Å². The molecule has 3 aromatic carbocycles. The summed E-state index contributed by atoms with van der Waals surface area (Å²) in [6, 6.07) is 20.1.